The van der Waals surface area contributed by atoms with Crippen LogP contribution in [0, 0.1) is 11.7 Å². The standard InChI is InChI=1S/C34H37FN2O3S2/c1-19(2)27-16-28-32(42-34(36)37-28)18-31(27)41-25-13-9-22(8-5-21-6-11-24(35)12-7-21)23(15-25)10-14-26-29(38)17-30(20(3)4)40-33(26)39/h6-7,9,11-13,15-16,18-20,30,38H,5,8,10,14,17H2,1-4H3,(H2,36,37). The molecular formula is C34H37FN2O3S2. The summed E-state index contributed by atoms with van der Waals surface area (Å²) < 4.78 is 20.1. The molecule has 3 aromatic carbocycles. The number of rotatable bonds is 10. The van der Waals surface area contributed by atoms with Gasteiger partial charge in [0.15, 0.2) is 5.13 Å². The van der Waals surface area contributed by atoms with E-state index in [-0.39, 0.29) is 23.6 Å². The lowest BCUT2D eigenvalue weighted by atomic mass is 9.92. The second kappa shape index (κ2) is 12.9. The minimum atomic E-state index is -0.422. The largest absolute Gasteiger partial charge is 0.512 e. The number of ether oxygens (including phenoxy) is 1. The summed E-state index contributed by atoms with van der Waals surface area (Å²) in [4.78, 5) is 19.5. The molecule has 0 aliphatic carbocycles. The smallest absolute Gasteiger partial charge is 0.337 e. The summed E-state index contributed by atoms with van der Waals surface area (Å²) in [5, 5.41) is 11.3. The number of benzene rings is 3. The zero-order valence-electron chi connectivity index (χ0n) is 24.4. The van der Waals surface area contributed by atoms with Crippen LogP contribution < -0.4 is 5.73 Å². The molecule has 1 aliphatic heterocycles. The molecule has 4 aromatic rings. The lowest BCUT2D eigenvalue weighted by Crippen LogP contribution is -2.30. The number of carbonyl (C=O) groups is 1. The minimum Gasteiger partial charge on any atom is -0.512 e. The number of halogens is 1. The zero-order chi connectivity index (χ0) is 30.0. The van der Waals surface area contributed by atoms with Crippen molar-refractivity contribution in [2.45, 2.75) is 81.6 Å². The van der Waals surface area contributed by atoms with Crippen molar-refractivity contribution in [3.05, 3.63) is 94.0 Å². The van der Waals surface area contributed by atoms with Gasteiger partial charge < -0.3 is 15.6 Å². The number of nitrogens with zero attached hydrogens (tertiary/aromatic N) is 1. The van der Waals surface area contributed by atoms with E-state index in [0.29, 0.717) is 35.9 Å². The number of hydrogen-bond acceptors (Lipinski definition) is 7. The van der Waals surface area contributed by atoms with Crippen LogP contribution in [0.25, 0.3) is 10.2 Å². The minimum absolute atomic E-state index is 0.140. The number of nitrogens with two attached hydrogens (primary N) is 1. The van der Waals surface area contributed by atoms with E-state index in [2.05, 4.69) is 49.2 Å². The average molecular weight is 605 g/mol. The van der Waals surface area contributed by atoms with Crippen LogP contribution in [-0.2, 0) is 28.8 Å². The predicted octanol–water partition coefficient (Wildman–Crippen LogP) is 8.79. The van der Waals surface area contributed by atoms with Crippen molar-refractivity contribution in [1.82, 2.24) is 4.98 Å². The fourth-order valence-electron chi connectivity index (χ4n) is 5.29. The molecule has 1 unspecified atom stereocenters. The molecule has 0 fully saturated rings. The molecular weight excluding hydrogens is 568 g/mol. The number of esters is 1. The molecule has 220 valence electrons. The van der Waals surface area contributed by atoms with Crippen LogP contribution in [0.2, 0.25) is 0 Å². The SMILES string of the molecule is CC(C)c1cc2nc(N)sc2cc1Sc1ccc(CCc2ccc(F)cc2)c(CCC2=C(O)CC(C(C)C)OC2=O)c1. The quantitative estimate of drug-likeness (QED) is 0.176. The first kappa shape index (κ1) is 30.1. The highest BCUT2D eigenvalue weighted by atomic mass is 32.2. The number of aryl methyl sites for hydroxylation is 3. The van der Waals surface area contributed by atoms with Crippen LogP contribution >= 0.6 is 23.1 Å². The summed E-state index contributed by atoms with van der Waals surface area (Å²) in [6, 6.07) is 17.4. The van der Waals surface area contributed by atoms with Gasteiger partial charge >= 0.3 is 5.97 Å². The van der Waals surface area contributed by atoms with Gasteiger partial charge in [0.25, 0.3) is 0 Å². The van der Waals surface area contributed by atoms with E-state index in [1.54, 1.807) is 11.8 Å². The summed E-state index contributed by atoms with van der Waals surface area (Å²) in [5.74, 6) is -0.0681. The first-order valence-electron chi connectivity index (χ1n) is 14.4. The van der Waals surface area contributed by atoms with Crippen molar-refractivity contribution >= 4 is 44.4 Å². The molecule has 0 saturated heterocycles. The second-order valence-electron chi connectivity index (χ2n) is 11.5. The van der Waals surface area contributed by atoms with E-state index in [1.807, 2.05) is 26.0 Å². The van der Waals surface area contributed by atoms with Crippen LogP contribution in [0.5, 0.6) is 0 Å². The van der Waals surface area contributed by atoms with Crippen LogP contribution in [0.3, 0.4) is 0 Å². The molecule has 0 radical (unpaired) electrons. The van der Waals surface area contributed by atoms with Gasteiger partial charge in [0.1, 0.15) is 17.7 Å². The number of aliphatic hydroxyl groups is 1. The van der Waals surface area contributed by atoms with E-state index in [1.165, 1.54) is 39.5 Å². The van der Waals surface area contributed by atoms with Gasteiger partial charge in [0.2, 0.25) is 0 Å². The maximum absolute atomic E-state index is 13.4. The highest BCUT2D eigenvalue weighted by Crippen LogP contribution is 2.39. The Morgan fingerprint density at radius 1 is 1.02 bits per heavy atom. The fraction of sp³-hybridized carbons (Fsp3) is 0.353. The molecule has 5 nitrogen and oxygen atoms in total. The van der Waals surface area contributed by atoms with E-state index in [0.717, 1.165) is 39.1 Å². The summed E-state index contributed by atoms with van der Waals surface area (Å²) in [6.45, 7) is 8.33. The van der Waals surface area contributed by atoms with Gasteiger partial charge in [-0.2, -0.15) is 0 Å². The number of thiazole rings is 1. The molecule has 0 amide bonds. The normalized spacial score (nSPS) is 15.7. The molecule has 1 aromatic heterocycles. The Bertz CT molecular complexity index is 1630. The van der Waals surface area contributed by atoms with Gasteiger partial charge in [-0.3, -0.25) is 0 Å². The molecule has 5 rings (SSSR count). The fourth-order valence-corrected chi connectivity index (χ4v) is 7.30. The molecule has 0 spiro atoms. The van der Waals surface area contributed by atoms with Crippen molar-refractivity contribution in [2.24, 2.45) is 5.92 Å². The Morgan fingerprint density at radius 3 is 2.45 bits per heavy atom. The summed E-state index contributed by atoms with van der Waals surface area (Å²) >= 11 is 3.21. The summed E-state index contributed by atoms with van der Waals surface area (Å²) in [7, 11) is 0. The number of fused-ring (bicyclic) bond motifs is 1. The van der Waals surface area contributed by atoms with Gasteiger partial charge in [0, 0.05) is 16.2 Å². The van der Waals surface area contributed by atoms with Gasteiger partial charge in [-0.1, -0.05) is 69.0 Å². The molecule has 1 aliphatic rings. The van der Waals surface area contributed by atoms with Gasteiger partial charge in [-0.15, -0.1) is 0 Å². The summed E-state index contributed by atoms with van der Waals surface area (Å²) in [5.41, 5.74) is 11.9. The van der Waals surface area contributed by atoms with E-state index < -0.39 is 5.97 Å². The number of nitrogen functional groups attached to an aromatic ring is 1. The third-order valence-corrected chi connectivity index (χ3v) is 9.71. The maximum Gasteiger partial charge on any atom is 0.337 e. The second-order valence-corrected chi connectivity index (χ2v) is 13.7. The number of hydrogen-bond donors (Lipinski definition) is 2. The van der Waals surface area contributed by atoms with Crippen molar-refractivity contribution in [2.75, 3.05) is 5.73 Å². The molecule has 1 atom stereocenters. The number of aromatic nitrogens is 1. The topological polar surface area (TPSA) is 85.4 Å². The van der Waals surface area contributed by atoms with E-state index in [9.17, 15) is 14.3 Å². The number of cyclic esters (lactones) is 1. The Kier molecular flexibility index (Phi) is 9.23. The molecule has 8 heteroatoms. The first-order valence-corrected chi connectivity index (χ1v) is 16.1. The molecule has 0 bridgehead atoms. The Labute approximate surface area is 255 Å². The monoisotopic (exact) mass is 604 g/mol. The zero-order valence-corrected chi connectivity index (χ0v) is 26.1. The van der Waals surface area contributed by atoms with Crippen molar-refractivity contribution in [1.29, 1.82) is 0 Å². The molecule has 0 saturated carbocycles. The van der Waals surface area contributed by atoms with Crippen LogP contribution in [0.4, 0.5) is 9.52 Å². The number of anilines is 1. The van der Waals surface area contributed by atoms with Crippen LogP contribution in [0.15, 0.2) is 75.7 Å². The Balaban J connectivity index is 1.43. The third kappa shape index (κ3) is 6.98. The number of aliphatic hydroxyl groups excluding tert-OH is 1. The predicted molar refractivity (Wildman–Crippen MR) is 170 cm³/mol. The molecule has 2 heterocycles. The highest BCUT2D eigenvalue weighted by Gasteiger charge is 2.30. The van der Waals surface area contributed by atoms with Crippen molar-refractivity contribution in [3.8, 4) is 0 Å². The first-order chi connectivity index (χ1) is 20.1. The van der Waals surface area contributed by atoms with E-state index >= 15 is 0 Å². The van der Waals surface area contributed by atoms with Gasteiger partial charge in [-0.25, -0.2) is 14.2 Å². The Hall–Kier alpha value is -3.36. The molecule has 3 N–H and O–H groups in total. The Morgan fingerprint density at radius 2 is 1.76 bits per heavy atom. The van der Waals surface area contributed by atoms with Crippen LogP contribution in [-0.4, -0.2) is 22.2 Å². The molecule has 42 heavy (non-hydrogen) atoms. The number of carbonyl (C=O) groups excluding carboxylic acids is 1. The van der Waals surface area contributed by atoms with Crippen LogP contribution in [0.1, 0.15) is 68.7 Å². The highest BCUT2D eigenvalue weighted by molar-refractivity contribution is 7.99. The lowest BCUT2D eigenvalue weighted by molar-refractivity contribution is -0.149. The van der Waals surface area contributed by atoms with Gasteiger partial charge in [-0.05, 0) is 96.2 Å². The van der Waals surface area contributed by atoms with Crippen molar-refractivity contribution < 1.29 is 19.0 Å². The van der Waals surface area contributed by atoms with Crippen molar-refractivity contribution in [3.63, 3.8) is 0 Å². The van der Waals surface area contributed by atoms with Gasteiger partial charge in [0.05, 0.1) is 15.8 Å². The third-order valence-electron chi connectivity index (χ3n) is 7.80. The average Bonchev–Trinajstić information content (AvgIpc) is 3.31. The summed E-state index contributed by atoms with van der Waals surface area (Å²) in [6.07, 6.45) is 2.60. The van der Waals surface area contributed by atoms with E-state index in [4.69, 9.17) is 10.5 Å². The maximum atomic E-state index is 13.4. The lowest BCUT2D eigenvalue weighted by Gasteiger charge is -2.27.